The van der Waals surface area contributed by atoms with Crippen LogP contribution in [-0.2, 0) is 6.54 Å². The third-order valence-corrected chi connectivity index (χ3v) is 4.53. The summed E-state index contributed by atoms with van der Waals surface area (Å²) in [6.07, 6.45) is 0. The zero-order valence-corrected chi connectivity index (χ0v) is 16.2. The summed E-state index contributed by atoms with van der Waals surface area (Å²) in [4.78, 5) is 34.9. The highest BCUT2D eigenvalue weighted by Crippen LogP contribution is 2.27. The van der Waals surface area contributed by atoms with Gasteiger partial charge in [0.2, 0.25) is 5.91 Å². The lowest BCUT2D eigenvalue weighted by molar-refractivity contribution is -0.384. The van der Waals surface area contributed by atoms with E-state index in [4.69, 9.17) is 5.73 Å². The summed E-state index contributed by atoms with van der Waals surface area (Å²) in [7, 11) is 0. The fourth-order valence-corrected chi connectivity index (χ4v) is 2.99. The summed E-state index contributed by atoms with van der Waals surface area (Å²) in [5.74, 6) is -1.06. The lowest BCUT2D eigenvalue weighted by Gasteiger charge is -2.10. The number of hydrogen-bond donors (Lipinski definition) is 3. The monoisotopic (exact) mass is 404 g/mol. The van der Waals surface area contributed by atoms with Gasteiger partial charge in [-0.05, 0) is 48.4 Å². The molecule has 0 fully saturated rings. The van der Waals surface area contributed by atoms with Gasteiger partial charge in [-0.1, -0.05) is 30.3 Å². The standard InChI is InChI=1S/C22H20N4O4/c1-14-11-17(8-9-18(14)21(23)27)25-22(28)16-7-10-19(20(12-16)26(29)30)24-13-15-5-3-2-4-6-15/h2-12,24H,13H2,1H3,(H2,23,27)(H,25,28). The van der Waals surface area contributed by atoms with E-state index in [0.717, 1.165) is 5.56 Å². The molecule has 3 aromatic rings. The van der Waals surface area contributed by atoms with Gasteiger partial charge in [0.1, 0.15) is 5.69 Å². The van der Waals surface area contributed by atoms with Crippen molar-refractivity contribution < 1.29 is 14.5 Å². The number of nitro groups is 1. The zero-order valence-electron chi connectivity index (χ0n) is 16.2. The Balaban J connectivity index is 1.78. The molecule has 3 aromatic carbocycles. The number of rotatable bonds is 7. The molecule has 0 saturated heterocycles. The van der Waals surface area contributed by atoms with E-state index in [0.29, 0.717) is 29.0 Å². The molecule has 4 N–H and O–H groups in total. The van der Waals surface area contributed by atoms with Crippen LogP contribution in [-0.4, -0.2) is 16.7 Å². The van der Waals surface area contributed by atoms with Crippen molar-refractivity contribution in [2.24, 2.45) is 5.73 Å². The summed E-state index contributed by atoms with van der Waals surface area (Å²) in [5.41, 5.74) is 7.96. The minimum atomic E-state index is -0.556. The number of anilines is 2. The molecule has 0 aliphatic rings. The molecule has 0 spiro atoms. The van der Waals surface area contributed by atoms with Gasteiger partial charge in [0.15, 0.2) is 0 Å². The van der Waals surface area contributed by atoms with Crippen molar-refractivity contribution in [3.63, 3.8) is 0 Å². The Labute approximate surface area is 172 Å². The molecule has 0 atom stereocenters. The molecule has 8 nitrogen and oxygen atoms in total. The largest absolute Gasteiger partial charge is 0.375 e. The van der Waals surface area contributed by atoms with E-state index in [-0.39, 0.29) is 11.3 Å². The van der Waals surface area contributed by atoms with Crippen molar-refractivity contribution in [1.82, 2.24) is 0 Å². The predicted octanol–water partition coefficient (Wildman–Crippen LogP) is 3.87. The van der Waals surface area contributed by atoms with Crippen LogP contribution in [0.4, 0.5) is 17.1 Å². The third-order valence-electron chi connectivity index (χ3n) is 4.53. The highest BCUT2D eigenvalue weighted by atomic mass is 16.6. The van der Waals surface area contributed by atoms with E-state index >= 15 is 0 Å². The molecular weight excluding hydrogens is 384 g/mol. The van der Waals surface area contributed by atoms with Gasteiger partial charge in [0.25, 0.3) is 11.6 Å². The third kappa shape index (κ3) is 4.79. The molecule has 0 unspecified atom stereocenters. The molecule has 0 bridgehead atoms. The number of carbonyl (C=O) groups excluding carboxylic acids is 2. The maximum atomic E-state index is 12.6. The van der Waals surface area contributed by atoms with Crippen LogP contribution in [0.3, 0.4) is 0 Å². The molecule has 30 heavy (non-hydrogen) atoms. The van der Waals surface area contributed by atoms with Crippen molar-refractivity contribution >= 4 is 28.9 Å². The SMILES string of the molecule is Cc1cc(NC(=O)c2ccc(NCc3ccccc3)c([N+](=O)[O-])c2)ccc1C(N)=O. The van der Waals surface area contributed by atoms with Crippen molar-refractivity contribution in [3.05, 3.63) is 99.1 Å². The molecule has 0 aromatic heterocycles. The predicted molar refractivity (Wildman–Crippen MR) is 115 cm³/mol. The Hall–Kier alpha value is -4.20. The highest BCUT2D eigenvalue weighted by Gasteiger charge is 2.18. The Morgan fingerprint density at radius 2 is 1.77 bits per heavy atom. The van der Waals surface area contributed by atoms with Gasteiger partial charge in [-0.25, -0.2) is 0 Å². The second-order valence-electron chi connectivity index (χ2n) is 6.68. The van der Waals surface area contributed by atoms with Gasteiger partial charge in [0, 0.05) is 29.4 Å². The van der Waals surface area contributed by atoms with Crippen LogP contribution in [0.15, 0.2) is 66.7 Å². The van der Waals surface area contributed by atoms with E-state index in [1.807, 2.05) is 30.3 Å². The number of benzene rings is 3. The summed E-state index contributed by atoms with van der Waals surface area (Å²) < 4.78 is 0. The van der Waals surface area contributed by atoms with Gasteiger partial charge in [-0.15, -0.1) is 0 Å². The Bertz CT molecular complexity index is 1110. The summed E-state index contributed by atoms with van der Waals surface area (Å²) >= 11 is 0. The molecule has 8 heteroatoms. The number of nitrogens with zero attached hydrogens (tertiary/aromatic N) is 1. The van der Waals surface area contributed by atoms with Gasteiger partial charge >= 0.3 is 0 Å². The summed E-state index contributed by atoms with van der Waals surface area (Å²) in [6, 6.07) is 18.4. The second-order valence-corrected chi connectivity index (χ2v) is 6.68. The molecule has 3 rings (SSSR count). The molecule has 2 amide bonds. The van der Waals surface area contributed by atoms with E-state index < -0.39 is 16.7 Å². The maximum Gasteiger partial charge on any atom is 0.293 e. The van der Waals surface area contributed by atoms with E-state index in [1.54, 1.807) is 19.1 Å². The minimum absolute atomic E-state index is 0.142. The van der Waals surface area contributed by atoms with Crippen molar-refractivity contribution in [3.8, 4) is 0 Å². The number of primary amides is 1. The van der Waals surface area contributed by atoms with Crippen LogP contribution in [0, 0.1) is 17.0 Å². The number of amides is 2. The normalized spacial score (nSPS) is 10.3. The molecule has 0 saturated carbocycles. The van der Waals surface area contributed by atoms with Crippen LogP contribution in [0.25, 0.3) is 0 Å². The van der Waals surface area contributed by atoms with E-state index in [9.17, 15) is 19.7 Å². The maximum absolute atomic E-state index is 12.6. The first-order valence-electron chi connectivity index (χ1n) is 9.13. The van der Waals surface area contributed by atoms with Crippen molar-refractivity contribution in [2.45, 2.75) is 13.5 Å². The van der Waals surface area contributed by atoms with E-state index in [1.165, 1.54) is 24.3 Å². The quantitative estimate of drug-likeness (QED) is 0.407. The van der Waals surface area contributed by atoms with Gasteiger partial charge < -0.3 is 16.4 Å². The van der Waals surface area contributed by atoms with Crippen molar-refractivity contribution in [1.29, 1.82) is 0 Å². The Morgan fingerprint density at radius 1 is 1.03 bits per heavy atom. The molecule has 0 aliphatic heterocycles. The second kappa shape index (κ2) is 8.87. The molecule has 0 heterocycles. The minimum Gasteiger partial charge on any atom is -0.375 e. The average molecular weight is 404 g/mol. The van der Waals surface area contributed by atoms with Crippen LogP contribution >= 0.6 is 0 Å². The number of nitrogens with two attached hydrogens (primary N) is 1. The average Bonchev–Trinajstić information content (AvgIpc) is 2.72. The highest BCUT2D eigenvalue weighted by molar-refractivity contribution is 6.05. The van der Waals surface area contributed by atoms with E-state index in [2.05, 4.69) is 10.6 Å². The van der Waals surface area contributed by atoms with Crippen LogP contribution < -0.4 is 16.4 Å². The lowest BCUT2D eigenvalue weighted by Crippen LogP contribution is -2.15. The first kappa shape index (κ1) is 20.5. The first-order chi connectivity index (χ1) is 14.3. The molecule has 0 aliphatic carbocycles. The van der Waals surface area contributed by atoms with Crippen LogP contribution in [0.2, 0.25) is 0 Å². The number of aryl methyl sites for hydroxylation is 1. The number of nitro benzene ring substituents is 1. The summed E-state index contributed by atoms with van der Waals surface area (Å²) in [6.45, 7) is 2.12. The van der Waals surface area contributed by atoms with Gasteiger partial charge in [0.05, 0.1) is 4.92 Å². The van der Waals surface area contributed by atoms with Crippen LogP contribution in [0.5, 0.6) is 0 Å². The zero-order chi connectivity index (χ0) is 21.7. The fraction of sp³-hybridized carbons (Fsp3) is 0.0909. The van der Waals surface area contributed by atoms with Crippen molar-refractivity contribution in [2.75, 3.05) is 10.6 Å². The number of nitrogens with one attached hydrogen (secondary N) is 2. The first-order valence-corrected chi connectivity index (χ1v) is 9.13. The van der Waals surface area contributed by atoms with Crippen LogP contribution in [0.1, 0.15) is 31.8 Å². The Morgan fingerprint density at radius 3 is 2.40 bits per heavy atom. The summed E-state index contributed by atoms with van der Waals surface area (Å²) in [5, 5.41) is 17.2. The molecular formula is C22H20N4O4. The number of carbonyl (C=O) groups is 2. The van der Waals surface area contributed by atoms with Gasteiger partial charge in [-0.2, -0.15) is 0 Å². The topological polar surface area (TPSA) is 127 Å². The molecule has 152 valence electrons. The van der Waals surface area contributed by atoms with Gasteiger partial charge in [-0.3, -0.25) is 19.7 Å². The smallest absolute Gasteiger partial charge is 0.293 e. The molecule has 0 radical (unpaired) electrons. The number of hydrogen-bond acceptors (Lipinski definition) is 5. The Kier molecular flexibility index (Phi) is 6.07. The fourth-order valence-electron chi connectivity index (χ4n) is 2.99. The lowest BCUT2D eigenvalue weighted by atomic mass is 10.1.